The Morgan fingerprint density at radius 1 is 1.39 bits per heavy atom. The monoisotopic (exact) mass is 261 g/mol. The van der Waals surface area contributed by atoms with Crippen molar-refractivity contribution in [1.82, 2.24) is 9.78 Å². The smallest absolute Gasteiger partial charge is 0.226 e. The fourth-order valence-corrected chi connectivity index (χ4v) is 2.64. The molecule has 1 aliphatic heterocycles. The Balaban J connectivity index is 2.14. The highest BCUT2D eigenvalue weighted by atomic mass is 35.5. The van der Waals surface area contributed by atoms with Crippen LogP contribution in [0.3, 0.4) is 0 Å². The number of hydrogen-bond donors (Lipinski definition) is 1. The molecule has 1 amide bonds. The molecule has 2 heterocycles. The highest BCUT2D eigenvalue weighted by molar-refractivity contribution is 6.31. The van der Waals surface area contributed by atoms with Crippen molar-refractivity contribution in [3.63, 3.8) is 0 Å². The van der Waals surface area contributed by atoms with Crippen LogP contribution in [0.25, 0.3) is 0 Å². The van der Waals surface area contributed by atoms with Crippen molar-refractivity contribution in [1.29, 1.82) is 0 Å². The van der Waals surface area contributed by atoms with Gasteiger partial charge in [-0.25, -0.2) is 0 Å². The zero-order chi connectivity index (χ0) is 12.7. The fourth-order valence-electron chi connectivity index (χ4n) is 2.38. The molecule has 0 saturated heterocycles. The molecule has 0 saturated carbocycles. The van der Waals surface area contributed by atoms with E-state index >= 15 is 0 Å². The predicted molar refractivity (Wildman–Crippen MR) is 69.7 cm³/mol. The molecule has 0 spiro atoms. The number of halogens is 1. The second kappa shape index (κ2) is 4.14. The Morgan fingerprint density at radius 2 is 2.17 bits per heavy atom. The third-order valence-electron chi connectivity index (χ3n) is 3.27. The summed E-state index contributed by atoms with van der Waals surface area (Å²) in [5.74, 6) is 0.739. The number of amides is 1. The molecule has 0 unspecified atom stereocenters. The molecule has 1 aromatic carbocycles. The number of benzene rings is 1. The first-order chi connectivity index (χ1) is 8.66. The molecule has 1 aliphatic rings. The minimum atomic E-state index is -0.0175. The minimum Gasteiger partial charge on any atom is -0.311 e. The van der Waals surface area contributed by atoms with Crippen molar-refractivity contribution in [2.45, 2.75) is 12.3 Å². The molecule has 0 fully saturated rings. The number of nitrogens with zero attached hydrogens (tertiary/aromatic N) is 2. The van der Waals surface area contributed by atoms with E-state index in [4.69, 9.17) is 11.6 Å². The van der Waals surface area contributed by atoms with Crippen LogP contribution in [0.15, 0.2) is 30.5 Å². The zero-order valence-electron chi connectivity index (χ0n) is 9.85. The van der Waals surface area contributed by atoms with Gasteiger partial charge in [0.25, 0.3) is 0 Å². The lowest BCUT2D eigenvalue weighted by Gasteiger charge is -2.23. The van der Waals surface area contributed by atoms with Gasteiger partial charge in [-0.1, -0.05) is 29.8 Å². The van der Waals surface area contributed by atoms with Gasteiger partial charge in [-0.2, -0.15) is 5.10 Å². The quantitative estimate of drug-likeness (QED) is 0.858. The molecule has 4 nitrogen and oxygen atoms in total. The van der Waals surface area contributed by atoms with Gasteiger partial charge < -0.3 is 5.32 Å². The highest BCUT2D eigenvalue weighted by Crippen LogP contribution is 2.39. The molecule has 0 aliphatic carbocycles. The van der Waals surface area contributed by atoms with Gasteiger partial charge in [-0.05, 0) is 11.6 Å². The molecule has 0 bridgehead atoms. The standard InChI is InChI=1S/C13H12ClN3O/c1-17-13-10(7-15-17)9(6-12(18)16-13)8-4-2-3-5-11(8)14/h2-5,7,9H,6H2,1H3,(H,16,18)/t9-/m1/s1. The average Bonchev–Trinajstić information content (AvgIpc) is 2.71. The maximum Gasteiger partial charge on any atom is 0.226 e. The Morgan fingerprint density at radius 3 is 2.94 bits per heavy atom. The number of carbonyl (C=O) groups excluding carboxylic acids is 1. The van der Waals surface area contributed by atoms with Crippen LogP contribution in [0.4, 0.5) is 5.82 Å². The molecule has 1 N–H and O–H groups in total. The van der Waals surface area contributed by atoms with Crippen LogP contribution in [0.1, 0.15) is 23.5 Å². The molecule has 0 radical (unpaired) electrons. The average molecular weight is 262 g/mol. The van der Waals surface area contributed by atoms with Crippen LogP contribution >= 0.6 is 11.6 Å². The Labute approximate surface area is 110 Å². The number of hydrogen-bond acceptors (Lipinski definition) is 2. The summed E-state index contributed by atoms with van der Waals surface area (Å²) < 4.78 is 1.68. The van der Waals surface area contributed by atoms with E-state index < -0.39 is 0 Å². The lowest BCUT2D eigenvalue weighted by atomic mass is 9.87. The van der Waals surface area contributed by atoms with Crippen molar-refractivity contribution >= 4 is 23.3 Å². The lowest BCUT2D eigenvalue weighted by Crippen LogP contribution is -2.24. The number of fused-ring (bicyclic) bond motifs is 1. The number of anilines is 1. The number of carbonyl (C=O) groups is 1. The summed E-state index contributed by atoms with van der Waals surface area (Å²) in [5.41, 5.74) is 1.99. The highest BCUT2D eigenvalue weighted by Gasteiger charge is 2.30. The van der Waals surface area contributed by atoms with Crippen molar-refractivity contribution in [3.8, 4) is 0 Å². The lowest BCUT2D eigenvalue weighted by molar-refractivity contribution is -0.116. The van der Waals surface area contributed by atoms with Crippen molar-refractivity contribution in [2.75, 3.05) is 5.32 Å². The Hall–Kier alpha value is -1.81. The predicted octanol–water partition coefficient (Wildman–Crippen LogP) is 2.55. The molecule has 2 aromatic rings. The van der Waals surface area contributed by atoms with Gasteiger partial charge in [0.05, 0.1) is 6.20 Å². The summed E-state index contributed by atoms with van der Waals surface area (Å²) in [7, 11) is 1.81. The summed E-state index contributed by atoms with van der Waals surface area (Å²) in [4.78, 5) is 11.8. The molecule has 18 heavy (non-hydrogen) atoms. The van der Waals surface area contributed by atoms with E-state index in [-0.39, 0.29) is 11.8 Å². The number of aryl methyl sites for hydroxylation is 1. The Bertz CT molecular complexity index is 620. The number of aromatic nitrogens is 2. The van der Waals surface area contributed by atoms with Crippen LogP contribution in [-0.4, -0.2) is 15.7 Å². The van der Waals surface area contributed by atoms with Crippen molar-refractivity contribution < 1.29 is 4.79 Å². The van der Waals surface area contributed by atoms with Gasteiger partial charge >= 0.3 is 0 Å². The van der Waals surface area contributed by atoms with Gasteiger partial charge in [0.15, 0.2) is 0 Å². The molecule has 92 valence electrons. The zero-order valence-corrected chi connectivity index (χ0v) is 10.6. The third-order valence-corrected chi connectivity index (χ3v) is 3.61. The second-order valence-corrected chi connectivity index (χ2v) is 4.81. The summed E-state index contributed by atoms with van der Waals surface area (Å²) in [5, 5.41) is 7.73. The summed E-state index contributed by atoms with van der Waals surface area (Å²) >= 11 is 6.22. The molecule has 1 atom stereocenters. The summed E-state index contributed by atoms with van der Waals surface area (Å²) in [6.07, 6.45) is 2.20. The van der Waals surface area contributed by atoms with E-state index in [1.54, 1.807) is 10.9 Å². The minimum absolute atomic E-state index is 0.00369. The third kappa shape index (κ3) is 1.69. The van der Waals surface area contributed by atoms with E-state index in [2.05, 4.69) is 10.4 Å². The molecular weight excluding hydrogens is 250 g/mol. The van der Waals surface area contributed by atoms with E-state index in [0.717, 1.165) is 16.9 Å². The van der Waals surface area contributed by atoms with Crippen LogP contribution in [0.2, 0.25) is 5.02 Å². The number of nitrogens with one attached hydrogen (secondary N) is 1. The van der Waals surface area contributed by atoms with Gasteiger partial charge in [-0.15, -0.1) is 0 Å². The summed E-state index contributed by atoms with van der Waals surface area (Å²) in [6.45, 7) is 0. The second-order valence-electron chi connectivity index (χ2n) is 4.40. The molecule has 1 aromatic heterocycles. The van der Waals surface area contributed by atoms with E-state index in [0.29, 0.717) is 11.4 Å². The van der Waals surface area contributed by atoms with Gasteiger partial charge in [-0.3, -0.25) is 9.48 Å². The first-order valence-corrected chi connectivity index (χ1v) is 6.11. The normalized spacial score (nSPS) is 18.3. The van der Waals surface area contributed by atoms with Gasteiger partial charge in [0.1, 0.15) is 5.82 Å². The number of rotatable bonds is 1. The summed E-state index contributed by atoms with van der Waals surface area (Å²) in [6, 6.07) is 7.63. The first kappa shape index (κ1) is 11.3. The van der Waals surface area contributed by atoms with Gasteiger partial charge in [0.2, 0.25) is 5.91 Å². The van der Waals surface area contributed by atoms with E-state index in [1.807, 2.05) is 31.3 Å². The van der Waals surface area contributed by atoms with E-state index in [1.165, 1.54) is 0 Å². The van der Waals surface area contributed by atoms with Gasteiger partial charge in [0, 0.05) is 30.0 Å². The van der Waals surface area contributed by atoms with Crippen molar-refractivity contribution in [3.05, 3.63) is 46.6 Å². The topological polar surface area (TPSA) is 46.9 Å². The molecular formula is C13H12ClN3O. The van der Waals surface area contributed by atoms with Crippen LogP contribution < -0.4 is 5.32 Å². The Kier molecular flexibility index (Phi) is 2.59. The molecule has 3 rings (SSSR count). The van der Waals surface area contributed by atoms with E-state index in [9.17, 15) is 4.79 Å². The first-order valence-electron chi connectivity index (χ1n) is 5.73. The fraction of sp³-hybridized carbons (Fsp3) is 0.231. The van der Waals surface area contributed by atoms with Crippen LogP contribution in [0.5, 0.6) is 0 Å². The van der Waals surface area contributed by atoms with Crippen LogP contribution in [0, 0.1) is 0 Å². The molecule has 5 heteroatoms. The van der Waals surface area contributed by atoms with Crippen LogP contribution in [-0.2, 0) is 11.8 Å². The SMILES string of the molecule is Cn1ncc2c1NC(=O)C[C@@H]2c1ccccc1Cl. The maximum atomic E-state index is 11.8. The largest absolute Gasteiger partial charge is 0.311 e. The maximum absolute atomic E-state index is 11.8. The van der Waals surface area contributed by atoms with Crippen molar-refractivity contribution in [2.24, 2.45) is 7.05 Å².